The van der Waals surface area contributed by atoms with Gasteiger partial charge in [-0.15, -0.1) is 0 Å². The molecule has 0 atom stereocenters. The van der Waals surface area contributed by atoms with Gasteiger partial charge in [0.2, 0.25) is 0 Å². The predicted octanol–water partition coefficient (Wildman–Crippen LogP) is 2.78. The molecule has 1 aromatic rings. The van der Waals surface area contributed by atoms with Crippen LogP contribution >= 0.6 is 0 Å². The van der Waals surface area contributed by atoms with Crippen molar-refractivity contribution in [2.24, 2.45) is 0 Å². The maximum atomic E-state index is 13.5. The molecule has 2 nitrogen and oxygen atoms in total. The van der Waals surface area contributed by atoms with Gasteiger partial charge in [-0.1, -0.05) is 6.92 Å². The van der Waals surface area contributed by atoms with Crippen LogP contribution in [0.25, 0.3) is 0 Å². The summed E-state index contributed by atoms with van der Waals surface area (Å²) >= 11 is 0. The summed E-state index contributed by atoms with van der Waals surface area (Å²) in [6, 6.07) is 0. The third-order valence-electron chi connectivity index (χ3n) is 3.24. The van der Waals surface area contributed by atoms with Crippen LogP contribution in [0.1, 0.15) is 35.9 Å². The van der Waals surface area contributed by atoms with Gasteiger partial charge in [0, 0.05) is 16.9 Å². The molecule has 0 saturated carbocycles. The van der Waals surface area contributed by atoms with E-state index >= 15 is 0 Å². The minimum absolute atomic E-state index is 0.299. The summed E-state index contributed by atoms with van der Waals surface area (Å²) in [7, 11) is 0. The molecule has 94 valence electrons. The van der Waals surface area contributed by atoms with Gasteiger partial charge in [0.25, 0.3) is 0 Å². The predicted molar refractivity (Wildman–Crippen MR) is 59.9 cm³/mol. The molecular formula is C12H15F3N2. The highest BCUT2D eigenvalue weighted by molar-refractivity contribution is 5.59. The molecule has 0 unspecified atom stereocenters. The van der Waals surface area contributed by atoms with Crippen molar-refractivity contribution in [1.29, 1.82) is 0 Å². The molecule has 0 saturated heterocycles. The molecule has 0 aliphatic heterocycles. The second-order valence-electron chi connectivity index (χ2n) is 4.32. The zero-order chi connectivity index (χ0) is 12.6. The third kappa shape index (κ3) is 1.87. The Morgan fingerprint density at radius 1 is 1.35 bits per heavy atom. The minimum atomic E-state index is -3.53. The number of rotatable bonds is 3. The summed E-state index contributed by atoms with van der Waals surface area (Å²) in [6.07, 6.45) is 2.65. The van der Waals surface area contributed by atoms with Crippen molar-refractivity contribution in [3.8, 4) is 0 Å². The fourth-order valence-corrected chi connectivity index (χ4v) is 2.38. The summed E-state index contributed by atoms with van der Waals surface area (Å²) in [6.45, 7) is -0.00223. The largest absolute Gasteiger partial charge is 0.398 e. The van der Waals surface area contributed by atoms with Gasteiger partial charge < -0.3 is 5.73 Å². The van der Waals surface area contributed by atoms with Crippen molar-refractivity contribution in [3.63, 3.8) is 0 Å². The number of nitrogens with zero attached hydrogens (tertiary/aromatic N) is 1. The molecular weight excluding hydrogens is 229 g/mol. The number of fused-ring (bicyclic) bond motifs is 1. The summed E-state index contributed by atoms with van der Waals surface area (Å²) in [5, 5.41) is 0. The van der Waals surface area contributed by atoms with E-state index in [2.05, 4.69) is 4.98 Å². The number of pyridine rings is 1. The Bertz CT molecular complexity index is 444. The number of aryl methyl sites for hydroxylation is 1. The fourth-order valence-electron chi connectivity index (χ4n) is 2.38. The molecule has 5 heteroatoms. The topological polar surface area (TPSA) is 38.9 Å². The van der Waals surface area contributed by atoms with Crippen LogP contribution < -0.4 is 5.73 Å². The second kappa shape index (κ2) is 4.20. The molecule has 2 rings (SSSR count). The molecule has 0 radical (unpaired) electrons. The van der Waals surface area contributed by atoms with E-state index in [-0.39, 0.29) is 0 Å². The van der Waals surface area contributed by atoms with E-state index < -0.39 is 18.3 Å². The van der Waals surface area contributed by atoms with Crippen LogP contribution in [0.15, 0.2) is 0 Å². The number of hydrogen-bond acceptors (Lipinski definition) is 2. The van der Waals surface area contributed by atoms with Crippen LogP contribution in [0.2, 0.25) is 0 Å². The molecule has 0 aromatic carbocycles. The Kier molecular flexibility index (Phi) is 3.02. The number of alkyl halides is 3. The van der Waals surface area contributed by atoms with Gasteiger partial charge in [0.15, 0.2) is 6.67 Å². The number of hydrogen-bond donors (Lipinski definition) is 1. The molecule has 1 aliphatic rings. The lowest BCUT2D eigenvalue weighted by Gasteiger charge is -2.19. The Hall–Kier alpha value is -1.26. The summed E-state index contributed by atoms with van der Waals surface area (Å²) in [4.78, 5) is 3.96. The first-order chi connectivity index (χ1) is 8.01. The van der Waals surface area contributed by atoms with Gasteiger partial charge in [-0.25, -0.2) is 4.39 Å². The summed E-state index contributed by atoms with van der Waals surface area (Å²) < 4.78 is 39.4. The third-order valence-corrected chi connectivity index (χ3v) is 3.24. The zero-order valence-corrected chi connectivity index (χ0v) is 9.69. The van der Waals surface area contributed by atoms with Gasteiger partial charge in [-0.3, -0.25) is 4.98 Å². The van der Waals surface area contributed by atoms with E-state index in [4.69, 9.17) is 5.73 Å². The molecule has 17 heavy (non-hydrogen) atoms. The highest BCUT2D eigenvalue weighted by Gasteiger charge is 2.38. The number of nitrogens with two attached hydrogens (primary N) is 1. The average molecular weight is 244 g/mol. The molecule has 0 spiro atoms. The quantitative estimate of drug-likeness (QED) is 0.888. The second-order valence-corrected chi connectivity index (χ2v) is 4.32. The van der Waals surface area contributed by atoms with Crippen LogP contribution in [0.3, 0.4) is 0 Å². The van der Waals surface area contributed by atoms with Gasteiger partial charge >= 0.3 is 5.92 Å². The monoisotopic (exact) mass is 244 g/mol. The normalized spacial score (nSPS) is 15.1. The minimum Gasteiger partial charge on any atom is -0.398 e. The molecule has 1 aromatic heterocycles. The van der Waals surface area contributed by atoms with Crippen molar-refractivity contribution in [2.75, 3.05) is 12.4 Å². The molecule has 1 aliphatic carbocycles. The van der Waals surface area contributed by atoms with Gasteiger partial charge in [-0.05, 0) is 31.2 Å². The first kappa shape index (κ1) is 12.2. The fraction of sp³-hybridized carbons (Fsp3) is 0.583. The van der Waals surface area contributed by atoms with Crippen LogP contribution in [0.5, 0.6) is 0 Å². The Labute approximate surface area is 98.0 Å². The maximum absolute atomic E-state index is 13.5. The van der Waals surface area contributed by atoms with E-state index in [0.717, 1.165) is 18.4 Å². The number of aromatic nitrogens is 1. The van der Waals surface area contributed by atoms with E-state index in [1.807, 2.05) is 0 Å². The lowest BCUT2D eigenvalue weighted by molar-refractivity contribution is -0.0330. The smallest absolute Gasteiger partial charge is 0.317 e. The van der Waals surface area contributed by atoms with E-state index in [1.54, 1.807) is 6.92 Å². The molecule has 0 amide bonds. The number of nitrogen functional groups attached to an aromatic ring is 1. The van der Waals surface area contributed by atoms with Gasteiger partial charge in [0.1, 0.15) is 5.69 Å². The van der Waals surface area contributed by atoms with Crippen molar-refractivity contribution in [1.82, 2.24) is 4.98 Å². The molecule has 1 heterocycles. The summed E-state index contributed by atoms with van der Waals surface area (Å²) in [5.74, 6) is -3.53. The Balaban J connectivity index is 2.64. The zero-order valence-electron chi connectivity index (χ0n) is 9.69. The Morgan fingerprint density at radius 2 is 2.06 bits per heavy atom. The molecule has 0 bridgehead atoms. The molecule has 2 N–H and O–H groups in total. The van der Waals surface area contributed by atoms with Crippen molar-refractivity contribution < 1.29 is 13.2 Å². The van der Waals surface area contributed by atoms with E-state index in [0.29, 0.717) is 29.8 Å². The first-order valence-corrected chi connectivity index (χ1v) is 5.75. The van der Waals surface area contributed by atoms with E-state index in [1.165, 1.54) is 0 Å². The first-order valence-electron chi connectivity index (χ1n) is 5.75. The van der Waals surface area contributed by atoms with Gasteiger partial charge in [0.05, 0.1) is 0 Å². The molecule has 0 fully saturated rings. The lowest BCUT2D eigenvalue weighted by Crippen LogP contribution is -2.22. The number of anilines is 1. The highest BCUT2D eigenvalue weighted by Crippen LogP contribution is 2.37. The summed E-state index contributed by atoms with van der Waals surface area (Å²) in [5.41, 5.74) is 7.61. The van der Waals surface area contributed by atoms with Crippen LogP contribution in [0, 0.1) is 0 Å². The standard InChI is InChI=1S/C12H15F3N2/c1-2-7-10(16)8-4-3-5-9(8)17-11(7)12(14,15)6-13/h2-6H2,1H3,(H2,16,17). The van der Waals surface area contributed by atoms with Crippen LogP contribution in [-0.2, 0) is 25.2 Å². The van der Waals surface area contributed by atoms with Crippen LogP contribution in [0.4, 0.5) is 18.9 Å². The maximum Gasteiger partial charge on any atom is 0.317 e. The Morgan fingerprint density at radius 3 is 2.65 bits per heavy atom. The van der Waals surface area contributed by atoms with Crippen molar-refractivity contribution >= 4 is 5.69 Å². The van der Waals surface area contributed by atoms with Crippen LogP contribution in [-0.4, -0.2) is 11.7 Å². The van der Waals surface area contributed by atoms with Crippen molar-refractivity contribution in [3.05, 3.63) is 22.5 Å². The highest BCUT2D eigenvalue weighted by atomic mass is 19.3. The average Bonchev–Trinajstić information content (AvgIpc) is 2.77. The SMILES string of the molecule is CCc1c(C(F)(F)CF)nc2c(c1N)CCC2. The van der Waals surface area contributed by atoms with Crippen molar-refractivity contribution in [2.45, 2.75) is 38.5 Å². The lowest BCUT2D eigenvalue weighted by atomic mass is 10.00. The van der Waals surface area contributed by atoms with E-state index in [9.17, 15) is 13.2 Å². The number of halogens is 3. The van der Waals surface area contributed by atoms with Gasteiger partial charge in [-0.2, -0.15) is 8.78 Å².